The molecular weight excluding hydrogens is 250 g/mol. The number of halogens is 1. The van der Waals surface area contributed by atoms with E-state index in [0.29, 0.717) is 17.3 Å². The van der Waals surface area contributed by atoms with Crippen LogP contribution in [0.25, 0.3) is 0 Å². The Hall–Kier alpha value is -1.52. The first-order valence-electron chi connectivity index (χ1n) is 5.70. The molecule has 3 N–H and O–H groups in total. The molecule has 0 radical (unpaired) electrons. The van der Waals surface area contributed by atoms with Gasteiger partial charge >= 0.3 is 0 Å². The van der Waals surface area contributed by atoms with Gasteiger partial charge in [0.2, 0.25) is 0 Å². The first-order valence-corrected chi connectivity index (χ1v) is 6.08. The summed E-state index contributed by atoms with van der Waals surface area (Å²) in [6.07, 6.45) is 3.51. The van der Waals surface area contributed by atoms with Gasteiger partial charge < -0.3 is 15.5 Å². The van der Waals surface area contributed by atoms with E-state index in [1.807, 2.05) is 19.1 Å². The summed E-state index contributed by atoms with van der Waals surface area (Å²) in [6, 6.07) is 3.82. The first-order chi connectivity index (χ1) is 8.67. The molecule has 1 unspecified atom stereocenters. The lowest BCUT2D eigenvalue weighted by Crippen LogP contribution is -2.16. The number of benzene rings is 1. The van der Waals surface area contributed by atoms with Crippen molar-refractivity contribution in [1.29, 1.82) is 0 Å². The molecule has 2 aromatic rings. The SMILES string of the molecule is COc1cc(C)c(C(CN)c2ncc[nH]2)cc1Cl. The van der Waals surface area contributed by atoms with Gasteiger partial charge in [0.15, 0.2) is 0 Å². The summed E-state index contributed by atoms with van der Waals surface area (Å²) in [4.78, 5) is 7.36. The first kappa shape index (κ1) is 12.9. The van der Waals surface area contributed by atoms with E-state index in [1.165, 1.54) is 0 Å². The summed E-state index contributed by atoms with van der Waals surface area (Å²) in [6.45, 7) is 2.48. The molecule has 0 aliphatic heterocycles. The Morgan fingerprint density at radius 2 is 2.28 bits per heavy atom. The van der Waals surface area contributed by atoms with Gasteiger partial charge in [-0.2, -0.15) is 0 Å². The molecule has 1 atom stereocenters. The van der Waals surface area contributed by atoms with Crippen LogP contribution in [0.15, 0.2) is 24.5 Å². The van der Waals surface area contributed by atoms with Crippen molar-refractivity contribution in [2.75, 3.05) is 13.7 Å². The van der Waals surface area contributed by atoms with Gasteiger partial charge in [-0.05, 0) is 30.2 Å². The van der Waals surface area contributed by atoms with Crippen molar-refractivity contribution in [3.63, 3.8) is 0 Å². The van der Waals surface area contributed by atoms with Gasteiger partial charge in [0, 0.05) is 18.9 Å². The van der Waals surface area contributed by atoms with Gasteiger partial charge in [-0.25, -0.2) is 4.98 Å². The highest BCUT2D eigenvalue weighted by Crippen LogP contribution is 2.32. The minimum Gasteiger partial charge on any atom is -0.495 e. The number of H-pyrrole nitrogens is 1. The van der Waals surface area contributed by atoms with E-state index < -0.39 is 0 Å². The molecule has 1 aromatic heterocycles. The molecule has 0 amide bonds. The molecule has 0 bridgehead atoms. The zero-order chi connectivity index (χ0) is 13.1. The summed E-state index contributed by atoms with van der Waals surface area (Å²) in [7, 11) is 1.60. The van der Waals surface area contributed by atoms with E-state index in [2.05, 4.69) is 9.97 Å². The van der Waals surface area contributed by atoms with Crippen LogP contribution < -0.4 is 10.5 Å². The summed E-state index contributed by atoms with van der Waals surface area (Å²) >= 11 is 6.17. The van der Waals surface area contributed by atoms with Crippen LogP contribution in [0, 0.1) is 6.92 Å². The zero-order valence-corrected chi connectivity index (χ0v) is 11.2. The number of methoxy groups -OCH3 is 1. The van der Waals surface area contributed by atoms with Crippen molar-refractivity contribution >= 4 is 11.6 Å². The molecule has 5 heteroatoms. The fraction of sp³-hybridized carbons (Fsp3) is 0.308. The number of ether oxygens (including phenoxy) is 1. The Bertz CT molecular complexity index is 525. The number of nitrogens with two attached hydrogens (primary N) is 1. The highest BCUT2D eigenvalue weighted by Gasteiger charge is 2.18. The van der Waals surface area contributed by atoms with E-state index in [4.69, 9.17) is 22.1 Å². The summed E-state index contributed by atoms with van der Waals surface area (Å²) in [5.74, 6) is 1.54. The highest BCUT2D eigenvalue weighted by molar-refractivity contribution is 6.32. The van der Waals surface area contributed by atoms with Gasteiger partial charge in [-0.3, -0.25) is 0 Å². The lowest BCUT2D eigenvalue weighted by Gasteiger charge is -2.17. The molecule has 0 saturated heterocycles. The predicted molar refractivity (Wildman–Crippen MR) is 72.2 cm³/mol. The molecular formula is C13H16ClN3O. The smallest absolute Gasteiger partial charge is 0.137 e. The van der Waals surface area contributed by atoms with Crippen molar-refractivity contribution < 1.29 is 4.74 Å². The number of imidazole rings is 1. The second-order valence-corrected chi connectivity index (χ2v) is 4.51. The maximum Gasteiger partial charge on any atom is 0.137 e. The normalized spacial score (nSPS) is 12.4. The quantitative estimate of drug-likeness (QED) is 0.893. The maximum absolute atomic E-state index is 6.17. The Morgan fingerprint density at radius 1 is 1.50 bits per heavy atom. The second-order valence-electron chi connectivity index (χ2n) is 4.11. The molecule has 1 heterocycles. The number of nitrogens with one attached hydrogen (secondary N) is 1. The third-order valence-corrected chi connectivity index (χ3v) is 3.30. The average Bonchev–Trinajstić information content (AvgIpc) is 2.87. The predicted octanol–water partition coefficient (Wildman–Crippen LogP) is 2.47. The van der Waals surface area contributed by atoms with Crippen LogP contribution in [0.2, 0.25) is 5.02 Å². The van der Waals surface area contributed by atoms with Gasteiger partial charge in [0.25, 0.3) is 0 Å². The molecule has 0 aliphatic carbocycles. The molecule has 4 nitrogen and oxygen atoms in total. The number of hydrogen-bond acceptors (Lipinski definition) is 3. The number of hydrogen-bond donors (Lipinski definition) is 2. The average molecular weight is 266 g/mol. The molecule has 96 valence electrons. The lowest BCUT2D eigenvalue weighted by molar-refractivity contribution is 0.414. The van der Waals surface area contributed by atoms with Crippen LogP contribution in [0.1, 0.15) is 22.9 Å². The topological polar surface area (TPSA) is 63.9 Å². The number of nitrogens with zero attached hydrogens (tertiary/aromatic N) is 1. The highest BCUT2D eigenvalue weighted by atomic mass is 35.5. The van der Waals surface area contributed by atoms with E-state index >= 15 is 0 Å². The Labute approximate surface area is 111 Å². The molecule has 0 saturated carbocycles. The Kier molecular flexibility index (Phi) is 3.89. The number of rotatable bonds is 4. The van der Waals surface area contributed by atoms with Crippen LogP contribution in [-0.2, 0) is 0 Å². The third kappa shape index (κ3) is 2.35. The molecule has 0 fully saturated rings. The summed E-state index contributed by atoms with van der Waals surface area (Å²) in [5.41, 5.74) is 8.01. The fourth-order valence-electron chi connectivity index (χ4n) is 2.06. The number of aromatic nitrogens is 2. The van der Waals surface area contributed by atoms with E-state index in [0.717, 1.165) is 17.0 Å². The van der Waals surface area contributed by atoms with E-state index in [9.17, 15) is 0 Å². The minimum atomic E-state index is 0.0170. The van der Waals surface area contributed by atoms with Crippen molar-refractivity contribution in [3.05, 3.63) is 46.5 Å². The van der Waals surface area contributed by atoms with Crippen LogP contribution in [0.5, 0.6) is 5.75 Å². The van der Waals surface area contributed by atoms with Crippen molar-refractivity contribution in [1.82, 2.24) is 9.97 Å². The van der Waals surface area contributed by atoms with Gasteiger partial charge in [-0.15, -0.1) is 0 Å². The largest absolute Gasteiger partial charge is 0.495 e. The van der Waals surface area contributed by atoms with Crippen LogP contribution in [0.3, 0.4) is 0 Å². The van der Waals surface area contributed by atoms with Crippen LogP contribution in [-0.4, -0.2) is 23.6 Å². The summed E-state index contributed by atoms with van der Waals surface area (Å²) in [5, 5.41) is 0.586. The number of aromatic amines is 1. The minimum absolute atomic E-state index is 0.0170. The number of aryl methyl sites for hydroxylation is 1. The standard InChI is InChI=1S/C13H16ClN3O/c1-8-5-12(18-2)11(14)6-9(8)10(7-15)13-16-3-4-17-13/h3-6,10H,7,15H2,1-2H3,(H,16,17). The molecule has 0 aliphatic rings. The Morgan fingerprint density at radius 3 is 2.83 bits per heavy atom. The summed E-state index contributed by atoms with van der Waals surface area (Å²) < 4.78 is 5.20. The van der Waals surface area contributed by atoms with Crippen molar-refractivity contribution in [2.45, 2.75) is 12.8 Å². The van der Waals surface area contributed by atoms with Gasteiger partial charge in [0.05, 0.1) is 18.1 Å². The molecule has 1 aromatic carbocycles. The third-order valence-electron chi connectivity index (χ3n) is 3.00. The van der Waals surface area contributed by atoms with Gasteiger partial charge in [0.1, 0.15) is 11.6 Å². The fourth-order valence-corrected chi connectivity index (χ4v) is 2.31. The van der Waals surface area contributed by atoms with E-state index in [-0.39, 0.29) is 5.92 Å². The lowest BCUT2D eigenvalue weighted by atomic mass is 9.94. The van der Waals surface area contributed by atoms with Gasteiger partial charge in [-0.1, -0.05) is 11.6 Å². The van der Waals surface area contributed by atoms with E-state index in [1.54, 1.807) is 19.5 Å². The molecule has 2 rings (SSSR count). The molecule has 18 heavy (non-hydrogen) atoms. The maximum atomic E-state index is 6.17. The van der Waals surface area contributed by atoms with Crippen molar-refractivity contribution in [2.24, 2.45) is 5.73 Å². The van der Waals surface area contributed by atoms with Crippen molar-refractivity contribution in [3.8, 4) is 5.75 Å². The molecule has 0 spiro atoms. The van der Waals surface area contributed by atoms with Crippen LogP contribution in [0.4, 0.5) is 0 Å². The Balaban J connectivity index is 2.46. The zero-order valence-electron chi connectivity index (χ0n) is 10.4. The van der Waals surface area contributed by atoms with Crippen LogP contribution >= 0.6 is 11.6 Å². The second kappa shape index (κ2) is 5.42. The monoisotopic (exact) mass is 265 g/mol.